The summed E-state index contributed by atoms with van der Waals surface area (Å²) in [5, 5.41) is 5.49. The van der Waals surface area contributed by atoms with Gasteiger partial charge in [-0.05, 0) is 50.7 Å². The van der Waals surface area contributed by atoms with Crippen LogP contribution in [0, 0.1) is 11.8 Å². The van der Waals surface area contributed by atoms with Crippen LogP contribution in [0.5, 0.6) is 0 Å². The standard InChI is InChI=1S/C25H27Cl2NO5/c1-29-14-24(11-16-7-8-17(12-24)25(16)30-9-10-31-25)32-13-18-22(28-33-23(18)15-5-6-15)21-19(26)3-2-4-20(21)27/h2-4,9-10,15-17H,5-8,11-14H2,1H3/t16-,17+,24?. The number of ether oxygens (including phenoxy) is 4. The van der Waals surface area contributed by atoms with E-state index in [2.05, 4.69) is 5.16 Å². The second-order valence-electron chi connectivity index (χ2n) is 9.76. The maximum absolute atomic E-state index is 6.76. The number of aromatic nitrogens is 1. The third-order valence-electron chi connectivity index (χ3n) is 7.69. The zero-order valence-corrected chi connectivity index (χ0v) is 20.0. The van der Waals surface area contributed by atoms with E-state index in [-0.39, 0.29) is 11.8 Å². The molecule has 33 heavy (non-hydrogen) atoms. The average molecular weight is 492 g/mol. The summed E-state index contributed by atoms with van der Waals surface area (Å²) in [6.07, 6.45) is 9.27. The lowest BCUT2D eigenvalue weighted by atomic mass is 9.73. The smallest absolute Gasteiger partial charge is 0.255 e. The summed E-state index contributed by atoms with van der Waals surface area (Å²) >= 11 is 13.0. The van der Waals surface area contributed by atoms with Gasteiger partial charge in [-0.25, -0.2) is 0 Å². The SMILES string of the molecule is COCC1(OCc2c(-c3c(Cl)cccc3Cl)noc2C2CC2)C[C@H]2CC[C@@H](C1)C21OC=CO1. The predicted octanol–water partition coefficient (Wildman–Crippen LogP) is 6.46. The zero-order chi connectivity index (χ0) is 22.6. The quantitative estimate of drug-likeness (QED) is 0.442. The van der Waals surface area contributed by atoms with Crippen molar-refractivity contribution in [2.24, 2.45) is 11.8 Å². The van der Waals surface area contributed by atoms with Crippen molar-refractivity contribution in [1.29, 1.82) is 0 Å². The molecule has 2 heterocycles. The van der Waals surface area contributed by atoms with E-state index >= 15 is 0 Å². The van der Waals surface area contributed by atoms with E-state index in [1.54, 1.807) is 19.6 Å². The second-order valence-corrected chi connectivity index (χ2v) is 10.6. The van der Waals surface area contributed by atoms with Gasteiger partial charge in [-0.1, -0.05) is 34.4 Å². The number of benzene rings is 1. The predicted molar refractivity (Wildman–Crippen MR) is 123 cm³/mol. The molecule has 6 nitrogen and oxygen atoms in total. The lowest BCUT2D eigenvalue weighted by Gasteiger charge is -2.47. The van der Waals surface area contributed by atoms with Crippen LogP contribution in [0.4, 0.5) is 0 Å². The molecule has 176 valence electrons. The van der Waals surface area contributed by atoms with Gasteiger partial charge in [-0.15, -0.1) is 0 Å². The van der Waals surface area contributed by atoms with Gasteiger partial charge in [0, 0.05) is 36.0 Å². The molecule has 2 bridgehead atoms. The zero-order valence-electron chi connectivity index (χ0n) is 18.5. The largest absolute Gasteiger partial charge is 0.456 e. The van der Waals surface area contributed by atoms with E-state index in [1.165, 1.54) is 0 Å². The lowest BCUT2D eigenvalue weighted by molar-refractivity contribution is -0.253. The number of halogens is 2. The van der Waals surface area contributed by atoms with Gasteiger partial charge < -0.3 is 23.5 Å². The van der Waals surface area contributed by atoms with Crippen molar-refractivity contribution < 1.29 is 23.5 Å². The Hall–Kier alpha value is -1.73. The van der Waals surface area contributed by atoms with Gasteiger partial charge in [-0.2, -0.15) is 0 Å². The Labute approximate surface area is 203 Å². The molecule has 3 saturated carbocycles. The van der Waals surface area contributed by atoms with Gasteiger partial charge in [0.1, 0.15) is 24.0 Å². The monoisotopic (exact) mass is 491 g/mol. The van der Waals surface area contributed by atoms with Crippen molar-refractivity contribution in [3.05, 3.63) is 52.1 Å². The maximum atomic E-state index is 6.76. The van der Waals surface area contributed by atoms with Crippen LogP contribution in [0.2, 0.25) is 10.0 Å². The van der Waals surface area contributed by atoms with E-state index in [0.717, 1.165) is 49.8 Å². The summed E-state index contributed by atoms with van der Waals surface area (Å²) in [6.45, 7) is 0.873. The van der Waals surface area contributed by atoms with E-state index in [0.29, 0.717) is 40.4 Å². The molecule has 3 fully saturated rings. The van der Waals surface area contributed by atoms with Gasteiger partial charge in [0.15, 0.2) is 0 Å². The first-order chi connectivity index (χ1) is 16.1. The topological polar surface area (TPSA) is 63.0 Å². The highest BCUT2D eigenvalue weighted by molar-refractivity contribution is 6.39. The number of nitrogens with zero attached hydrogens (tertiary/aromatic N) is 1. The normalized spacial score (nSPS) is 29.4. The second kappa shape index (κ2) is 8.19. The van der Waals surface area contributed by atoms with E-state index in [4.69, 9.17) is 46.7 Å². The van der Waals surface area contributed by atoms with Gasteiger partial charge in [-0.3, -0.25) is 0 Å². The molecule has 1 unspecified atom stereocenters. The van der Waals surface area contributed by atoms with E-state index in [9.17, 15) is 0 Å². The first-order valence-electron chi connectivity index (χ1n) is 11.6. The summed E-state index contributed by atoms with van der Waals surface area (Å²) in [5.74, 6) is 1.23. The molecule has 4 aliphatic rings. The van der Waals surface area contributed by atoms with E-state index in [1.807, 2.05) is 18.2 Å². The molecule has 3 aliphatic carbocycles. The minimum atomic E-state index is -0.535. The number of hydrogen-bond acceptors (Lipinski definition) is 6. The molecule has 0 amide bonds. The average Bonchev–Trinajstić information content (AvgIpc) is 3.32. The van der Waals surface area contributed by atoms with Crippen LogP contribution < -0.4 is 0 Å². The molecule has 0 radical (unpaired) electrons. The Morgan fingerprint density at radius 3 is 2.30 bits per heavy atom. The van der Waals surface area contributed by atoms with Crippen LogP contribution in [0.15, 0.2) is 35.2 Å². The third-order valence-corrected chi connectivity index (χ3v) is 8.32. The van der Waals surface area contributed by atoms with Crippen molar-refractivity contribution in [2.45, 2.75) is 62.4 Å². The van der Waals surface area contributed by atoms with Gasteiger partial charge in [0.2, 0.25) is 0 Å². The third kappa shape index (κ3) is 3.57. The number of hydrogen-bond donors (Lipinski definition) is 0. The van der Waals surface area contributed by atoms with Crippen LogP contribution in [-0.4, -0.2) is 30.3 Å². The lowest BCUT2D eigenvalue weighted by Crippen LogP contribution is -2.54. The van der Waals surface area contributed by atoms with Crippen LogP contribution in [0.25, 0.3) is 11.3 Å². The van der Waals surface area contributed by atoms with Crippen molar-refractivity contribution in [2.75, 3.05) is 13.7 Å². The van der Waals surface area contributed by atoms with Crippen molar-refractivity contribution >= 4 is 23.2 Å². The first kappa shape index (κ1) is 21.8. The molecule has 1 aromatic carbocycles. The fraction of sp³-hybridized carbons (Fsp3) is 0.560. The van der Waals surface area contributed by atoms with Crippen LogP contribution in [-0.2, 0) is 25.6 Å². The molecular formula is C25H27Cl2NO5. The summed E-state index contributed by atoms with van der Waals surface area (Å²) in [4.78, 5) is 0. The molecule has 1 spiro atoms. The Balaban J connectivity index is 1.31. The summed E-state index contributed by atoms with van der Waals surface area (Å²) in [6, 6.07) is 5.47. The molecule has 0 saturated heterocycles. The van der Waals surface area contributed by atoms with Gasteiger partial charge in [0.05, 0.1) is 28.9 Å². The Morgan fingerprint density at radius 2 is 1.70 bits per heavy atom. The molecule has 1 aliphatic heterocycles. The highest BCUT2D eigenvalue weighted by Gasteiger charge is 2.63. The minimum Gasteiger partial charge on any atom is -0.456 e. The molecule has 0 N–H and O–H groups in total. The summed E-state index contributed by atoms with van der Waals surface area (Å²) < 4.78 is 30.2. The molecule has 2 aromatic rings. The fourth-order valence-electron chi connectivity index (χ4n) is 6.10. The molecular weight excluding hydrogens is 465 g/mol. The molecule has 8 heteroatoms. The maximum Gasteiger partial charge on any atom is 0.255 e. The van der Waals surface area contributed by atoms with E-state index < -0.39 is 11.4 Å². The van der Waals surface area contributed by atoms with Gasteiger partial charge in [0.25, 0.3) is 5.79 Å². The highest BCUT2D eigenvalue weighted by Crippen LogP contribution is 2.58. The fourth-order valence-corrected chi connectivity index (χ4v) is 6.68. The van der Waals surface area contributed by atoms with Crippen LogP contribution >= 0.6 is 23.2 Å². The van der Waals surface area contributed by atoms with Crippen LogP contribution in [0.1, 0.15) is 55.8 Å². The highest BCUT2D eigenvalue weighted by atomic mass is 35.5. The summed E-state index contributed by atoms with van der Waals surface area (Å²) in [7, 11) is 1.73. The minimum absolute atomic E-state index is 0.254. The molecule has 3 atom stereocenters. The number of methoxy groups -OCH3 is 1. The van der Waals surface area contributed by atoms with Crippen molar-refractivity contribution in [3.8, 4) is 11.3 Å². The summed E-state index contributed by atoms with van der Waals surface area (Å²) in [5.41, 5.74) is 1.87. The first-order valence-corrected chi connectivity index (χ1v) is 12.4. The van der Waals surface area contributed by atoms with Gasteiger partial charge >= 0.3 is 0 Å². The van der Waals surface area contributed by atoms with Crippen molar-refractivity contribution in [1.82, 2.24) is 5.16 Å². The molecule has 1 aromatic heterocycles. The Bertz CT molecular complexity index is 1030. The Kier molecular flexibility index (Phi) is 5.41. The van der Waals surface area contributed by atoms with Crippen molar-refractivity contribution in [3.63, 3.8) is 0 Å². The Morgan fingerprint density at radius 1 is 1.03 bits per heavy atom. The number of rotatable bonds is 7. The molecule has 6 rings (SSSR count). The van der Waals surface area contributed by atoms with Crippen LogP contribution in [0.3, 0.4) is 0 Å².